The van der Waals surface area contributed by atoms with Crippen LogP contribution in [0.5, 0.6) is 0 Å². The van der Waals surface area contributed by atoms with Crippen molar-refractivity contribution in [1.82, 2.24) is 10.6 Å². The molecule has 0 fully saturated rings. The van der Waals surface area contributed by atoms with E-state index in [4.69, 9.17) is 0 Å². The zero-order valence-corrected chi connectivity index (χ0v) is 13.4. The number of rotatable bonds is 8. The maximum absolute atomic E-state index is 11.0. The van der Waals surface area contributed by atoms with E-state index in [1.165, 1.54) is 32.8 Å². The van der Waals surface area contributed by atoms with E-state index >= 15 is 0 Å². The normalized spacial score (nSPS) is 15.3. The fourth-order valence-electron chi connectivity index (χ4n) is 2.40. The van der Waals surface area contributed by atoms with Crippen molar-refractivity contribution >= 4 is 11.9 Å². The number of hydrogen-bond donors (Lipinski definition) is 2. The van der Waals surface area contributed by atoms with Gasteiger partial charge in [0.25, 0.3) is 0 Å². The molecular weight excluding hydrogens is 266 g/mol. The molecule has 0 aliphatic heterocycles. The van der Waals surface area contributed by atoms with Gasteiger partial charge in [-0.05, 0) is 44.9 Å². The van der Waals surface area contributed by atoms with Crippen LogP contribution in [0.2, 0.25) is 0 Å². The molecule has 2 N–H and O–H groups in total. The van der Waals surface area contributed by atoms with Gasteiger partial charge in [0.1, 0.15) is 0 Å². The van der Waals surface area contributed by atoms with Crippen LogP contribution in [0, 0.1) is 0 Å². The molecule has 0 aromatic carbocycles. The fourth-order valence-corrected chi connectivity index (χ4v) is 2.40. The highest BCUT2D eigenvalue weighted by Crippen LogP contribution is 2.19. The van der Waals surface area contributed by atoms with Gasteiger partial charge < -0.3 is 15.4 Å². The summed E-state index contributed by atoms with van der Waals surface area (Å²) in [6, 6.07) is 0. The molecule has 0 saturated carbocycles. The Morgan fingerprint density at radius 3 is 2.76 bits per heavy atom. The summed E-state index contributed by atoms with van der Waals surface area (Å²) in [6.07, 6.45) is 10.9. The second kappa shape index (κ2) is 11.2. The summed E-state index contributed by atoms with van der Waals surface area (Å²) < 4.78 is 4.61. The van der Waals surface area contributed by atoms with Gasteiger partial charge in [-0.2, -0.15) is 0 Å². The van der Waals surface area contributed by atoms with Crippen molar-refractivity contribution in [2.75, 3.05) is 27.2 Å². The molecule has 0 amide bonds. The standard InChI is InChI=1S/C16H29N3O2/c1-17-16(18-12-7-6-10-15(20)21-2)19-13-11-14-8-4-3-5-9-14/h8H,3-7,9-13H2,1-2H3,(H2,17,18,19). The summed E-state index contributed by atoms with van der Waals surface area (Å²) in [4.78, 5) is 15.2. The quantitative estimate of drug-likeness (QED) is 0.237. The third-order valence-corrected chi connectivity index (χ3v) is 3.67. The monoisotopic (exact) mass is 295 g/mol. The van der Waals surface area contributed by atoms with E-state index < -0.39 is 0 Å². The average Bonchev–Trinajstić information content (AvgIpc) is 2.53. The van der Waals surface area contributed by atoms with Crippen LogP contribution in [0.3, 0.4) is 0 Å². The fraction of sp³-hybridized carbons (Fsp3) is 0.750. The Labute approximate surface area is 128 Å². The first kappa shape index (κ1) is 17.5. The van der Waals surface area contributed by atoms with Crippen molar-refractivity contribution in [3.05, 3.63) is 11.6 Å². The van der Waals surface area contributed by atoms with Gasteiger partial charge in [0.15, 0.2) is 5.96 Å². The van der Waals surface area contributed by atoms with Crippen LogP contribution >= 0.6 is 0 Å². The molecule has 21 heavy (non-hydrogen) atoms. The number of nitrogens with zero attached hydrogens (tertiary/aromatic N) is 1. The maximum Gasteiger partial charge on any atom is 0.305 e. The van der Waals surface area contributed by atoms with E-state index in [1.807, 2.05) is 0 Å². The molecule has 0 aromatic heterocycles. The Kier molecular flexibility index (Phi) is 9.33. The third kappa shape index (κ3) is 8.38. The number of carbonyl (C=O) groups excluding carboxylic acids is 1. The molecule has 0 saturated heterocycles. The predicted molar refractivity (Wildman–Crippen MR) is 86.4 cm³/mol. The first-order chi connectivity index (χ1) is 10.3. The Hall–Kier alpha value is -1.52. The Morgan fingerprint density at radius 2 is 2.10 bits per heavy atom. The summed E-state index contributed by atoms with van der Waals surface area (Å²) in [5.41, 5.74) is 1.57. The zero-order valence-electron chi connectivity index (χ0n) is 13.4. The number of nitrogens with one attached hydrogen (secondary N) is 2. The van der Waals surface area contributed by atoms with Crippen molar-refractivity contribution in [3.63, 3.8) is 0 Å². The van der Waals surface area contributed by atoms with Gasteiger partial charge in [0.05, 0.1) is 7.11 Å². The number of hydrogen-bond acceptors (Lipinski definition) is 3. The van der Waals surface area contributed by atoms with Crippen molar-refractivity contribution < 1.29 is 9.53 Å². The smallest absolute Gasteiger partial charge is 0.305 e. The van der Waals surface area contributed by atoms with Gasteiger partial charge >= 0.3 is 5.97 Å². The maximum atomic E-state index is 11.0. The minimum Gasteiger partial charge on any atom is -0.469 e. The number of guanidine groups is 1. The Bertz CT molecular complexity index is 365. The van der Waals surface area contributed by atoms with Gasteiger partial charge in [-0.1, -0.05) is 11.6 Å². The lowest BCUT2D eigenvalue weighted by atomic mass is 9.97. The minimum atomic E-state index is -0.140. The molecule has 120 valence electrons. The van der Waals surface area contributed by atoms with Crippen LogP contribution in [0.15, 0.2) is 16.6 Å². The third-order valence-electron chi connectivity index (χ3n) is 3.67. The Morgan fingerprint density at radius 1 is 1.29 bits per heavy atom. The molecular formula is C16H29N3O2. The number of methoxy groups -OCH3 is 1. The van der Waals surface area contributed by atoms with Gasteiger partial charge in [-0.15, -0.1) is 0 Å². The number of carbonyl (C=O) groups is 1. The number of aliphatic imine (C=N–C) groups is 1. The zero-order chi connectivity index (χ0) is 15.3. The van der Waals surface area contributed by atoms with E-state index in [-0.39, 0.29) is 5.97 Å². The molecule has 1 aliphatic rings. The number of unbranched alkanes of at least 4 members (excludes halogenated alkanes) is 1. The van der Waals surface area contributed by atoms with E-state index in [0.717, 1.165) is 38.3 Å². The number of allylic oxidation sites excluding steroid dienone is 1. The highest BCUT2D eigenvalue weighted by Gasteiger charge is 2.04. The second-order valence-corrected chi connectivity index (χ2v) is 5.32. The summed E-state index contributed by atoms with van der Waals surface area (Å²) in [6.45, 7) is 1.74. The molecule has 0 radical (unpaired) electrons. The van der Waals surface area contributed by atoms with Gasteiger partial charge in [-0.25, -0.2) is 0 Å². The van der Waals surface area contributed by atoms with Crippen LogP contribution in [0.4, 0.5) is 0 Å². The number of esters is 1. The molecule has 0 spiro atoms. The summed E-state index contributed by atoms with van der Waals surface area (Å²) in [7, 11) is 3.21. The lowest BCUT2D eigenvalue weighted by molar-refractivity contribution is -0.140. The van der Waals surface area contributed by atoms with Gasteiger partial charge in [0.2, 0.25) is 0 Å². The SMILES string of the molecule is CN=C(NCCCCC(=O)OC)NCCC1=CCCCC1. The lowest BCUT2D eigenvalue weighted by Gasteiger charge is -2.15. The molecule has 0 unspecified atom stereocenters. The van der Waals surface area contributed by atoms with Crippen molar-refractivity contribution in [2.24, 2.45) is 4.99 Å². The molecule has 5 heteroatoms. The molecule has 1 rings (SSSR count). The van der Waals surface area contributed by atoms with Crippen LogP contribution in [0.25, 0.3) is 0 Å². The number of ether oxygens (including phenoxy) is 1. The van der Waals surface area contributed by atoms with Crippen molar-refractivity contribution in [2.45, 2.75) is 51.4 Å². The molecule has 1 aliphatic carbocycles. The summed E-state index contributed by atoms with van der Waals surface area (Å²) in [5.74, 6) is 0.697. The first-order valence-electron chi connectivity index (χ1n) is 7.95. The van der Waals surface area contributed by atoms with Crippen molar-refractivity contribution in [1.29, 1.82) is 0 Å². The lowest BCUT2D eigenvalue weighted by Crippen LogP contribution is -2.38. The topological polar surface area (TPSA) is 62.7 Å². The minimum absolute atomic E-state index is 0.140. The molecule has 0 aromatic rings. The molecule has 0 atom stereocenters. The van der Waals surface area contributed by atoms with Crippen LogP contribution in [-0.2, 0) is 9.53 Å². The predicted octanol–water partition coefficient (Wildman–Crippen LogP) is 2.39. The second-order valence-electron chi connectivity index (χ2n) is 5.32. The summed E-state index contributed by atoms with van der Waals surface area (Å²) >= 11 is 0. The van der Waals surface area contributed by atoms with Crippen molar-refractivity contribution in [3.8, 4) is 0 Å². The van der Waals surface area contributed by atoms with Gasteiger partial charge in [-0.3, -0.25) is 9.79 Å². The van der Waals surface area contributed by atoms with E-state index in [2.05, 4.69) is 26.4 Å². The van der Waals surface area contributed by atoms with E-state index in [9.17, 15) is 4.79 Å². The van der Waals surface area contributed by atoms with Gasteiger partial charge in [0, 0.05) is 26.6 Å². The highest BCUT2D eigenvalue weighted by atomic mass is 16.5. The van der Waals surface area contributed by atoms with E-state index in [1.54, 1.807) is 12.6 Å². The largest absolute Gasteiger partial charge is 0.469 e. The molecule has 0 bridgehead atoms. The van der Waals surface area contributed by atoms with Crippen LogP contribution in [0.1, 0.15) is 51.4 Å². The average molecular weight is 295 g/mol. The van der Waals surface area contributed by atoms with E-state index in [0.29, 0.717) is 6.42 Å². The molecule has 5 nitrogen and oxygen atoms in total. The molecule has 0 heterocycles. The van der Waals surface area contributed by atoms with Crippen LogP contribution < -0.4 is 10.6 Å². The Balaban J connectivity index is 2.06. The first-order valence-corrected chi connectivity index (χ1v) is 7.95. The van der Waals surface area contributed by atoms with Crippen LogP contribution in [-0.4, -0.2) is 39.2 Å². The summed E-state index contributed by atoms with van der Waals surface area (Å²) in [5, 5.41) is 6.60. The highest BCUT2D eigenvalue weighted by molar-refractivity contribution is 5.79.